The molecule has 0 amide bonds. The molecule has 0 spiro atoms. The Morgan fingerprint density at radius 3 is 2.96 bits per heavy atom. The van der Waals surface area contributed by atoms with Gasteiger partial charge in [0, 0.05) is 31.8 Å². The van der Waals surface area contributed by atoms with Crippen LogP contribution < -0.4 is 5.32 Å². The van der Waals surface area contributed by atoms with Crippen LogP contribution in [-0.4, -0.2) is 61.9 Å². The fraction of sp³-hybridized carbons (Fsp3) is 0.643. The lowest BCUT2D eigenvalue weighted by molar-refractivity contribution is -0.141. The van der Waals surface area contributed by atoms with E-state index in [0.29, 0.717) is 13.0 Å². The molecular formula is C14H19F3N6O. The minimum absolute atomic E-state index is 0.00771. The van der Waals surface area contributed by atoms with E-state index in [9.17, 15) is 13.2 Å². The molecular weight excluding hydrogens is 325 g/mol. The first-order chi connectivity index (χ1) is 11.5. The first-order valence-electron chi connectivity index (χ1n) is 7.85. The van der Waals surface area contributed by atoms with Crippen molar-refractivity contribution in [2.24, 2.45) is 0 Å². The van der Waals surface area contributed by atoms with Gasteiger partial charge in [-0.3, -0.25) is 0 Å². The molecule has 2 N–H and O–H groups in total. The van der Waals surface area contributed by atoms with Gasteiger partial charge in [-0.1, -0.05) is 0 Å². The van der Waals surface area contributed by atoms with Crippen LogP contribution in [0.2, 0.25) is 0 Å². The second-order valence-electron chi connectivity index (χ2n) is 5.86. The number of aliphatic hydroxyl groups excluding tert-OH is 1. The van der Waals surface area contributed by atoms with Gasteiger partial charge in [-0.15, -0.1) is 0 Å². The molecule has 3 heterocycles. The van der Waals surface area contributed by atoms with E-state index >= 15 is 0 Å². The molecule has 2 aromatic rings. The molecule has 1 atom stereocenters. The van der Waals surface area contributed by atoms with Crippen molar-refractivity contribution < 1.29 is 18.3 Å². The van der Waals surface area contributed by atoms with Gasteiger partial charge in [0.05, 0.1) is 0 Å². The number of nitrogens with zero attached hydrogens (tertiary/aromatic N) is 5. The Morgan fingerprint density at radius 1 is 1.38 bits per heavy atom. The summed E-state index contributed by atoms with van der Waals surface area (Å²) in [5, 5.41) is 16.0. The van der Waals surface area contributed by atoms with Gasteiger partial charge in [-0.2, -0.15) is 27.8 Å². The summed E-state index contributed by atoms with van der Waals surface area (Å²) in [6, 6.07) is 0.974. The maximum atomic E-state index is 13.0. The first-order valence-corrected chi connectivity index (χ1v) is 7.85. The number of anilines is 1. The van der Waals surface area contributed by atoms with Crippen molar-refractivity contribution in [1.82, 2.24) is 24.5 Å². The zero-order valence-electron chi connectivity index (χ0n) is 13.0. The Kier molecular flexibility index (Phi) is 4.86. The maximum Gasteiger partial charge on any atom is 0.433 e. The number of piperidine rings is 1. The molecule has 0 radical (unpaired) electrons. The molecule has 2 aromatic heterocycles. The van der Waals surface area contributed by atoms with Gasteiger partial charge in [0.15, 0.2) is 5.69 Å². The van der Waals surface area contributed by atoms with Gasteiger partial charge in [-0.05, 0) is 25.8 Å². The third-order valence-corrected chi connectivity index (χ3v) is 4.03. The second kappa shape index (κ2) is 6.89. The highest BCUT2D eigenvalue weighted by Crippen LogP contribution is 2.30. The number of alkyl halides is 3. The summed E-state index contributed by atoms with van der Waals surface area (Å²) in [5.41, 5.74) is -0.988. The molecule has 1 aliphatic heterocycles. The fourth-order valence-corrected chi connectivity index (χ4v) is 2.94. The summed E-state index contributed by atoms with van der Waals surface area (Å²) in [6.45, 7) is 2.55. The highest BCUT2D eigenvalue weighted by Gasteiger charge is 2.34. The Balaban J connectivity index is 1.80. The van der Waals surface area contributed by atoms with Crippen molar-refractivity contribution in [3.8, 4) is 0 Å². The van der Waals surface area contributed by atoms with Crippen LogP contribution in [-0.2, 0) is 6.18 Å². The second-order valence-corrected chi connectivity index (χ2v) is 5.86. The highest BCUT2D eigenvalue weighted by molar-refractivity contribution is 5.46. The molecule has 132 valence electrons. The maximum absolute atomic E-state index is 13.0. The number of fused-ring (bicyclic) bond motifs is 1. The molecule has 24 heavy (non-hydrogen) atoms. The van der Waals surface area contributed by atoms with Crippen LogP contribution in [0.1, 0.15) is 25.0 Å². The van der Waals surface area contributed by atoms with Crippen LogP contribution in [0.4, 0.5) is 19.0 Å². The summed E-state index contributed by atoms with van der Waals surface area (Å²) >= 11 is 0. The minimum Gasteiger partial charge on any atom is -0.396 e. The summed E-state index contributed by atoms with van der Waals surface area (Å²) in [4.78, 5) is 9.46. The van der Waals surface area contributed by atoms with Crippen molar-refractivity contribution in [2.45, 2.75) is 31.5 Å². The van der Waals surface area contributed by atoms with E-state index in [2.05, 4.69) is 25.3 Å². The Labute approximate surface area is 136 Å². The third-order valence-electron chi connectivity index (χ3n) is 4.03. The quantitative estimate of drug-likeness (QED) is 0.854. The van der Waals surface area contributed by atoms with E-state index in [0.717, 1.165) is 32.0 Å². The van der Waals surface area contributed by atoms with E-state index in [4.69, 9.17) is 5.11 Å². The number of hydrogen-bond acceptors (Lipinski definition) is 6. The lowest BCUT2D eigenvalue weighted by Gasteiger charge is -2.33. The summed E-state index contributed by atoms with van der Waals surface area (Å²) < 4.78 is 40.3. The predicted octanol–water partition coefficient (Wildman–Crippen LogP) is 1.40. The van der Waals surface area contributed by atoms with E-state index in [-0.39, 0.29) is 24.2 Å². The van der Waals surface area contributed by atoms with Crippen molar-refractivity contribution in [3.05, 3.63) is 18.1 Å². The lowest BCUT2D eigenvalue weighted by Crippen LogP contribution is -2.43. The fourth-order valence-electron chi connectivity index (χ4n) is 2.94. The van der Waals surface area contributed by atoms with Gasteiger partial charge in [0.25, 0.3) is 5.78 Å². The van der Waals surface area contributed by atoms with Crippen LogP contribution in [0, 0.1) is 0 Å². The average molecular weight is 344 g/mol. The average Bonchev–Trinajstić information content (AvgIpc) is 3.01. The molecule has 1 saturated heterocycles. The number of halogens is 3. The smallest absolute Gasteiger partial charge is 0.396 e. The van der Waals surface area contributed by atoms with Gasteiger partial charge < -0.3 is 15.3 Å². The minimum atomic E-state index is -4.54. The molecule has 0 saturated carbocycles. The Morgan fingerprint density at radius 2 is 2.21 bits per heavy atom. The van der Waals surface area contributed by atoms with Crippen LogP contribution in [0.5, 0.6) is 0 Å². The molecule has 0 aliphatic carbocycles. The zero-order valence-corrected chi connectivity index (χ0v) is 13.0. The summed E-state index contributed by atoms with van der Waals surface area (Å²) in [7, 11) is 0. The van der Waals surface area contributed by atoms with E-state index in [1.807, 2.05) is 0 Å². The normalized spacial score (nSPS) is 19.8. The van der Waals surface area contributed by atoms with Crippen LogP contribution in [0.15, 0.2) is 12.4 Å². The number of nitrogens with one attached hydrogen (secondary N) is 1. The van der Waals surface area contributed by atoms with E-state index in [1.165, 1.54) is 10.8 Å². The molecule has 1 aliphatic rings. The molecule has 10 heteroatoms. The first kappa shape index (κ1) is 16.9. The number of aliphatic hydroxyl groups is 1. The zero-order chi connectivity index (χ0) is 17.2. The summed E-state index contributed by atoms with van der Waals surface area (Å²) in [5.74, 6) is 0.152. The molecule has 3 rings (SSSR count). The molecule has 1 fully saturated rings. The lowest BCUT2D eigenvalue weighted by atomic mass is 10.1. The van der Waals surface area contributed by atoms with E-state index < -0.39 is 11.9 Å². The SMILES string of the molecule is OCCCN1CCCC(Nc2cc(C(F)(F)F)nc3ncnn23)C1. The standard InChI is InChI=1S/C14H19F3N6O/c15-14(16,17)11-7-12(23-13(21-11)18-9-19-23)20-10-3-1-4-22(8-10)5-2-6-24/h7,9-10,20,24H,1-6,8H2. The third kappa shape index (κ3) is 3.75. The van der Waals surface area contributed by atoms with Crippen molar-refractivity contribution >= 4 is 11.6 Å². The molecule has 0 aromatic carbocycles. The van der Waals surface area contributed by atoms with Crippen molar-refractivity contribution in [1.29, 1.82) is 0 Å². The van der Waals surface area contributed by atoms with Gasteiger partial charge in [0.2, 0.25) is 0 Å². The number of aromatic nitrogens is 4. The largest absolute Gasteiger partial charge is 0.433 e. The topological polar surface area (TPSA) is 78.6 Å². The van der Waals surface area contributed by atoms with Crippen LogP contribution in [0.3, 0.4) is 0 Å². The number of rotatable bonds is 5. The highest BCUT2D eigenvalue weighted by atomic mass is 19.4. The monoisotopic (exact) mass is 344 g/mol. The Bertz CT molecular complexity index is 689. The number of hydrogen-bond donors (Lipinski definition) is 2. The van der Waals surface area contributed by atoms with Gasteiger partial charge in [0.1, 0.15) is 12.1 Å². The Hall–Kier alpha value is -1.94. The van der Waals surface area contributed by atoms with Gasteiger partial charge in [-0.25, -0.2) is 4.98 Å². The van der Waals surface area contributed by atoms with Crippen LogP contribution >= 0.6 is 0 Å². The molecule has 0 bridgehead atoms. The van der Waals surface area contributed by atoms with E-state index in [1.54, 1.807) is 0 Å². The molecule has 1 unspecified atom stereocenters. The van der Waals surface area contributed by atoms with Gasteiger partial charge >= 0.3 is 6.18 Å². The van der Waals surface area contributed by atoms with Crippen molar-refractivity contribution in [3.63, 3.8) is 0 Å². The molecule has 7 nitrogen and oxygen atoms in total. The summed E-state index contributed by atoms with van der Waals surface area (Å²) in [6.07, 6.45) is -0.865. The van der Waals surface area contributed by atoms with Crippen molar-refractivity contribution in [2.75, 3.05) is 31.6 Å². The predicted molar refractivity (Wildman–Crippen MR) is 80.6 cm³/mol. The van der Waals surface area contributed by atoms with Crippen LogP contribution in [0.25, 0.3) is 5.78 Å². The number of likely N-dealkylation sites (tertiary alicyclic amines) is 1.